The molecule has 0 bridgehead atoms. The van der Waals surface area contributed by atoms with Crippen molar-refractivity contribution in [3.8, 4) is 0 Å². The van der Waals surface area contributed by atoms with Crippen LogP contribution in [0, 0.1) is 0 Å². The molecule has 0 saturated carbocycles. The van der Waals surface area contributed by atoms with Crippen molar-refractivity contribution in [3.63, 3.8) is 0 Å². The van der Waals surface area contributed by atoms with Gasteiger partial charge in [-0.2, -0.15) is 0 Å². The van der Waals surface area contributed by atoms with Crippen molar-refractivity contribution in [2.45, 2.75) is 23.9 Å². The van der Waals surface area contributed by atoms with Gasteiger partial charge in [-0.1, -0.05) is 6.07 Å². The van der Waals surface area contributed by atoms with E-state index in [0.29, 0.717) is 13.0 Å². The normalized spacial score (nSPS) is 17.2. The van der Waals surface area contributed by atoms with Crippen LogP contribution in [0.15, 0.2) is 29.4 Å². The average molecular weight is 308 g/mol. The molecule has 1 unspecified atom stereocenters. The van der Waals surface area contributed by atoms with Gasteiger partial charge in [0.25, 0.3) is 5.91 Å². The fourth-order valence-electron chi connectivity index (χ4n) is 1.80. The molecule has 2 heterocycles. The van der Waals surface area contributed by atoms with Gasteiger partial charge in [0.1, 0.15) is 6.04 Å². The molecule has 0 aliphatic carbocycles. The highest BCUT2D eigenvalue weighted by molar-refractivity contribution is 7.99. The molecule has 1 fully saturated rings. The summed E-state index contributed by atoms with van der Waals surface area (Å²) in [6, 6.07) is 4.57. The quantitative estimate of drug-likeness (QED) is 0.381. The summed E-state index contributed by atoms with van der Waals surface area (Å²) in [6.45, 7) is 0.531. The van der Waals surface area contributed by atoms with Gasteiger partial charge in [-0.15, -0.1) is 11.8 Å². The van der Waals surface area contributed by atoms with E-state index in [0.717, 1.165) is 10.8 Å². The number of hydrogen-bond donors (Lipinski definition) is 3. The van der Waals surface area contributed by atoms with Crippen molar-refractivity contribution in [3.05, 3.63) is 24.4 Å². The summed E-state index contributed by atoms with van der Waals surface area (Å²) < 4.78 is 0. The van der Waals surface area contributed by atoms with Gasteiger partial charge in [-0.05, 0) is 18.6 Å². The van der Waals surface area contributed by atoms with E-state index in [-0.39, 0.29) is 18.2 Å². The number of urea groups is 1. The maximum Gasteiger partial charge on any atom is 0.322 e. The van der Waals surface area contributed by atoms with E-state index >= 15 is 0 Å². The lowest BCUT2D eigenvalue weighted by Crippen LogP contribution is -2.32. The summed E-state index contributed by atoms with van der Waals surface area (Å²) in [7, 11) is 0. The van der Waals surface area contributed by atoms with Crippen LogP contribution in [0.1, 0.15) is 12.8 Å². The largest absolute Gasteiger partial charge is 0.355 e. The number of pyridine rings is 1. The minimum Gasteiger partial charge on any atom is -0.355 e. The maximum atomic E-state index is 11.6. The number of thioether (sulfide) groups is 1. The molecule has 2 rings (SSSR count). The zero-order valence-electron chi connectivity index (χ0n) is 11.3. The molecule has 0 spiro atoms. The first kappa shape index (κ1) is 15.3. The molecule has 1 saturated heterocycles. The number of aromatic nitrogens is 1. The van der Waals surface area contributed by atoms with E-state index in [9.17, 15) is 14.4 Å². The second kappa shape index (κ2) is 7.63. The lowest BCUT2D eigenvalue weighted by atomic mass is 10.1. The third-order valence-electron chi connectivity index (χ3n) is 2.83. The zero-order chi connectivity index (χ0) is 15.1. The van der Waals surface area contributed by atoms with Gasteiger partial charge in [0.15, 0.2) is 0 Å². The molecular weight excluding hydrogens is 292 g/mol. The fraction of sp³-hybridized carbons (Fsp3) is 0.385. The lowest BCUT2D eigenvalue weighted by molar-refractivity contribution is -0.122. The topological polar surface area (TPSA) is 100 Å². The average Bonchev–Trinajstić information content (AvgIpc) is 2.80. The first-order valence-electron chi connectivity index (χ1n) is 6.57. The number of carbonyl (C=O) groups excluding carboxylic acids is 3. The Kier molecular flexibility index (Phi) is 5.56. The monoisotopic (exact) mass is 308 g/mol. The van der Waals surface area contributed by atoms with Gasteiger partial charge in [0, 0.05) is 24.9 Å². The number of nitrogens with one attached hydrogen (secondary N) is 3. The molecule has 0 radical (unpaired) electrons. The minimum atomic E-state index is -0.605. The summed E-state index contributed by atoms with van der Waals surface area (Å²) in [5, 5.41) is 8.27. The number of amides is 4. The van der Waals surface area contributed by atoms with E-state index in [1.165, 1.54) is 0 Å². The molecule has 3 N–H and O–H groups in total. The van der Waals surface area contributed by atoms with Crippen molar-refractivity contribution in [1.29, 1.82) is 0 Å². The van der Waals surface area contributed by atoms with Crippen molar-refractivity contribution >= 4 is 29.6 Å². The van der Waals surface area contributed by atoms with Crippen LogP contribution in [0.2, 0.25) is 0 Å². The van der Waals surface area contributed by atoms with E-state index in [1.54, 1.807) is 18.0 Å². The second-order valence-electron chi connectivity index (χ2n) is 4.42. The summed E-state index contributed by atoms with van der Waals surface area (Å²) >= 11 is 1.56. The van der Waals surface area contributed by atoms with Crippen LogP contribution in [0.3, 0.4) is 0 Å². The number of imide groups is 1. The molecule has 21 heavy (non-hydrogen) atoms. The molecule has 8 heteroatoms. The zero-order valence-corrected chi connectivity index (χ0v) is 12.1. The molecular formula is C13H16N4O3S. The summed E-state index contributed by atoms with van der Waals surface area (Å²) in [6.07, 6.45) is 2.23. The Bertz CT molecular complexity index is 523. The summed E-state index contributed by atoms with van der Waals surface area (Å²) in [5.41, 5.74) is 0. The number of rotatable bonds is 7. The van der Waals surface area contributed by atoms with Gasteiger partial charge >= 0.3 is 6.03 Å². The fourth-order valence-corrected chi connectivity index (χ4v) is 2.53. The minimum absolute atomic E-state index is 0.134. The van der Waals surface area contributed by atoms with Crippen molar-refractivity contribution < 1.29 is 14.4 Å². The number of hydrogen-bond acceptors (Lipinski definition) is 5. The SMILES string of the molecule is O=C(CCC1NC(=O)NC1=O)NCCSc1ccccn1. The highest BCUT2D eigenvalue weighted by Crippen LogP contribution is 2.12. The van der Waals surface area contributed by atoms with Crippen molar-refractivity contribution in [2.75, 3.05) is 12.3 Å². The van der Waals surface area contributed by atoms with Gasteiger partial charge in [0.2, 0.25) is 5.91 Å². The smallest absolute Gasteiger partial charge is 0.322 e. The lowest BCUT2D eigenvalue weighted by Gasteiger charge is -2.07. The van der Waals surface area contributed by atoms with E-state index in [2.05, 4.69) is 20.9 Å². The van der Waals surface area contributed by atoms with Crippen LogP contribution in [0.4, 0.5) is 4.79 Å². The standard InChI is InChI=1S/C13H16N4O3S/c18-10(5-4-9-12(19)17-13(20)16-9)14-7-8-21-11-3-1-2-6-15-11/h1-3,6,9H,4-5,7-8H2,(H,14,18)(H2,16,17,19,20). The third-order valence-corrected chi connectivity index (χ3v) is 3.78. The Morgan fingerprint density at radius 1 is 1.38 bits per heavy atom. The van der Waals surface area contributed by atoms with Crippen molar-refractivity contribution in [2.24, 2.45) is 0 Å². The molecule has 1 aromatic rings. The maximum absolute atomic E-state index is 11.6. The molecule has 1 aliphatic rings. The molecule has 1 atom stereocenters. The van der Waals surface area contributed by atoms with Gasteiger partial charge in [-0.3, -0.25) is 14.9 Å². The molecule has 1 aromatic heterocycles. The van der Waals surface area contributed by atoms with Crippen LogP contribution in [0.5, 0.6) is 0 Å². The van der Waals surface area contributed by atoms with Gasteiger partial charge in [0.05, 0.1) is 5.03 Å². The van der Waals surface area contributed by atoms with Crippen LogP contribution in [-0.2, 0) is 9.59 Å². The van der Waals surface area contributed by atoms with Crippen LogP contribution in [0.25, 0.3) is 0 Å². The molecule has 1 aliphatic heterocycles. The van der Waals surface area contributed by atoms with E-state index < -0.39 is 12.1 Å². The van der Waals surface area contributed by atoms with Gasteiger partial charge < -0.3 is 10.6 Å². The highest BCUT2D eigenvalue weighted by Gasteiger charge is 2.29. The molecule has 4 amide bonds. The predicted octanol–water partition coefficient (Wildman–Crippen LogP) is 0.278. The molecule has 0 aromatic carbocycles. The first-order valence-corrected chi connectivity index (χ1v) is 7.55. The third kappa shape index (κ3) is 5.07. The Morgan fingerprint density at radius 3 is 2.90 bits per heavy atom. The Labute approximate surface area is 126 Å². The van der Waals surface area contributed by atoms with Crippen LogP contribution >= 0.6 is 11.8 Å². The highest BCUT2D eigenvalue weighted by atomic mass is 32.2. The number of carbonyl (C=O) groups is 3. The Morgan fingerprint density at radius 2 is 2.24 bits per heavy atom. The Hall–Kier alpha value is -2.09. The van der Waals surface area contributed by atoms with Crippen LogP contribution < -0.4 is 16.0 Å². The molecule has 112 valence electrons. The van der Waals surface area contributed by atoms with E-state index in [1.807, 2.05) is 18.2 Å². The van der Waals surface area contributed by atoms with Crippen molar-refractivity contribution in [1.82, 2.24) is 20.9 Å². The second-order valence-corrected chi connectivity index (χ2v) is 5.54. The summed E-state index contributed by atoms with van der Waals surface area (Å²) in [4.78, 5) is 38.0. The molecule has 7 nitrogen and oxygen atoms in total. The predicted molar refractivity (Wildman–Crippen MR) is 77.7 cm³/mol. The van der Waals surface area contributed by atoms with Crippen LogP contribution in [-0.4, -0.2) is 41.2 Å². The Balaban J connectivity index is 1.58. The van der Waals surface area contributed by atoms with Gasteiger partial charge in [-0.25, -0.2) is 9.78 Å². The first-order chi connectivity index (χ1) is 10.1. The van der Waals surface area contributed by atoms with E-state index in [4.69, 9.17) is 0 Å². The summed E-state index contributed by atoms with van der Waals surface area (Å²) in [5.74, 6) is 0.215. The number of nitrogens with zero attached hydrogens (tertiary/aromatic N) is 1.